The molecule has 0 spiro atoms. The third kappa shape index (κ3) is 7.43. The Morgan fingerprint density at radius 2 is 1.71 bits per heavy atom. The number of anilines is 1. The van der Waals surface area contributed by atoms with Crippen LogP contribution in [-0.2, 0) is 12.3 Å². The summed E-state index contributed by atoms with van der Waals surface area (Å²) in [7, 11) is 4.05. The highest BCUT2D eigenvalue weighted by Crippen LogP contribution is 2.26. The Morgan fingerprint density at radius 1 is 0.971 bits per heavy atom. The molecule has 2 heterocycles. The Morgan fingerprint density at radius 3 is 2.46 bits per heavy atom. The topological polar surface area (TPSA) is 52.6 Å². The largest absolute Gasteiger partial charge is 0.356 e. The summed E-state index contributed by atoms with van der Waals surface area (Å²) in [6.07, 6.45) is 2.36. The van der Waals surface area contributed by atoms with Crippen LogP contribution in [0.4, 0.5) is 5.82 Å². The van der Waals surface area contributed by atoms with Gasteiger partial charge in [0.1, 0.15) is 11.0 Å². The van der Waals surface area contributed by atoms with Gasteiger partial charge in [-0.05, 0) is 50.2 Å². The average Bonchev–Trinajstić information content (AvgIpc) is 3.40. The van der Waals surface area contributed by atoms with E-state index in [1.807, 2.05) is 67.5 Å². The lowest BCUT2D eigenvalue weighted by Gasteiger charge is -2.25. The zero-order valence-electron chi connectivity index (χ0n) is 20.4. The number of likely N-dealkylation sites (N-methyl/N-ethyl adjacent to an activating group) is 1. The molecule has 1 amide bonds. The monoisotopic (exact) mass is 509 g/mol. The Bertz CT molecular complexity index is 1120. The quantitative estimate of drug-likeness (QED) is 0.212. The molecule has 1 fully saturated rings. The smallest absolute Gasteiger partial charge is 0.254 e. The molecule has 184 valence electrons. The van der Waals surface area contributed by atoms with Crippen molar-refractivity contribution in [2.45, 2.75) is 30.3 Å². The van der Waals surface area contributed by atoms with Crippen LogP contribution in [0.3, 0.4) is 0 Å². The normalized spacial score (nSPS) is 13.4. The van der Waals surface area contributed by atoms with E-state index in [0.717, 1.165) is 36.6 Å². The lowest BCUT2D eigenvalue weighted by molar-refractivity contribution is 0.0732. The van der Waals surface area contributed by atoms with Crippen molar-refractivity contribution in [1.82, 2.24) is 19.8 Å². The maximum atomic E-state index is 13.5. The van der Waals surface area contributed by atoms with E-state index in [1.165, 1.54) is 12.8 Å². The first kappa shape index (κ1) is 25.5. The second kappa shape index (κ2) is 12.4. The summed E-state index contributed by atoms with van der Waals surface area (Å²) in [4.78, 5) is 28.9. The molecule has 1 aliphatic heterocycles. The lowest BCUT2D eigenvalue weighted by Crippen LogP contribution is -2.36. The average molecular weight is 510 g/mol. The summed E-state index contributed by atoms with van der Waals surface area (Å²) in [5.74, 6) is 1.60. The number of hydrogen-bond acceptors (Lipinski definition) is 6. The standard InChI is InChI=1S/C27H32ClN5OS/c1-31(2)15-16-33(19-21-9-4-3-5-10-21)26(34)23-12-8-11-22(17-23)20-35-27-29-24(28)18-25(30-27)32-13-6-7-14-32/h3-5,8-12,17-18H,6-7,13-16,19-20H2,1-2H3. The van der Waals surface area contributed by atoms with Crippen LogP contribution in [0.5, 0.6) is 0 Å². The fourth-order valence-corrected chi connectivity index (χ4v) is 5.08. The number of amides is 1. The number of benzene rings is 2. The van der Waals surface area contributed by atoms with E-state index in [2.05, 4.69) is 26.9 Å². The van der Waals surface area contributed by atoms with Gasteiger partial charge in [-0.15, -0.1) is 0 Å². The molecule has 0 radical (unpaired) electrons. The van der Waals surface area contributed by atoms with Crippen LogP contribution in [0.25, 0.3) is 0 Å². The van der Waals surface area contributed by atoms with Crippen LogP contribution in [0.2, 0.25) is 5.15 Å². The first-order valence-corrected chi connectivity index (χ1v) is 13.3. The molecule has 35 heavy (non-hydrogen) atoms. The summed E-state index contributed by atoms with van der Waals surface area (Å²) >= 11 is 7.83. The van der Waals surface area contributed by atoms with Gasteiger partial charge in [0, 0.05) is 50.1 Å². The van der Waals surface area contributed by atoms with Crippen molar-refractivity contribution in [2.24, 2.45) is 0 Å². The summed E-state index contributed by atoms with van der Waals surface area (Å²) in [5, 5.41) is 1.12. The lowest BCUT2D eigenvalue weighted by atomic mass is 10.1. The van der Waals surface area contributed by atoms with E-state index in [1.54, 1.807) is 11.8 Å². The van der Waals surface area contributed by atoms with E-state index in [9.17, 15) is 4.79 Å². The van der Waals surface area contributed by atoms with E-state index in [-0.39, 0.29) is 5.91 Å². The van der Waals surface area contributed by atoms with Crippen molar-refractivity contribution in [1.29, 1.82) is 0 Å². The minimum Gasteiger partial charge on any atom is -0.356 e. The van der Waals surface area contributed by atoms with Gasteiger partial charge in [-0.3, -0.25) is 4.79 Å². The highest BCUT2D eigenvalue weighted by atomic mass is 35.5. The molecule has 0 aliphatic carbocycles. The number of carbonyl (C=O) groups excluding carboxylic acids is 1. The maximum Gasteiger partial charge on any atom is 0.254 e. The predicted molar refractivity (Wildman–Crippen MR) is 144 cm³/mol. The molecule has 2 aromatic carbocycles. The molecule has 0 unspecified atom stereocenters. The summed E-state index contributed by atoms with van der Waals surface area (Å²) in [6.45, 7) is 4.07. The van der Waals surface area contributed by atoms with E-state index in [4.69, 9.17) is 16.6 Å². The molecule has 3 aromatic rings. The Balaban J connectivity index is 1.45. The second-order valence-electron chi connectivity index (χ2n) is 9.03. The number of rotatable bonds is 10. The van der Waals surface area contributed by atoms with Gasteiger partial charge in [0.2, 0.25) is 0 Å². The third-order valence-corrected chi connectivity index (χ3v) is 7.07. The molecule has 0 saturated carbocycles. The number of halogens is 1. The van der Waals surface area contributed by atoms with Gasteiger partial charge in [-0.1, -0.05) is 65.8 Å². The minimum absolute atomic E-state index is 0.0397. The first-order valence-electron chi connectivity index (χ1n) is 12.0. The number of carbonyl (C=O) groups is 1. The highest BCUT2D eigenvalue weighted by Gasteiger charge is 2.18. The van der Waals surface area contributed by atoms with Gasteiger partial charge in [0.15, 0.2) is 5.16 Å². The van der Waals surface area contributed by atoms with Gasteiger partial charge < -0.3 is 14.7 Å². The van der Waals surface area contributed by atoms with Crippen LogP contribution in [0, 0.1) is 0 Å². The number of nitrogens with zero attached hydrogens (tertiary/aromatic N) is 5. The first-order chi connectivity index (χ1) is 17.0. The SMILES string of the molecule is CN(C)CCN(Cc1ccccc1)C(=O)c1cccc(CSc2nc(Cl)cc(N3CCCC3)n2)c1. The molecule has 0 N–H and O–H groups in total. The molecule has 8 heteroatoms. The van der Waals surface area contributed by atoms with Crippen molar-refractivity contribution in [3.63, 3.8) is 0 Å². The van der Waals surface area contributed by atoms with Crippen molar-refractivity contribution in [3.05, 3.63) is 82.5 Å². The van der Waals surface area contributed by atoms with Crippen LogP contribution in [-0.4, -0.2) is 65.9 Å². The zero-order valence-corrected chi connectivity index (χ0v) is 21.9. The summed E-state index contributed by atoms with van der Waals surface area (Å²) in [5.41, 5.74) is 2.88. The van der Waals surface area contributed by atoms with Crippen molar-refractivity contribution in [2.75, 3.05) is 45.2 Å². The molecule has 1 aromatic heterocycles. The molecular weight excluding hydrogens is 478 g/mol. The number of thioether (sulfide) groups is 1. The molecule has 1 saturated heterocycles. The molecular formula is C27H32ClN5OS. The summed E-state index contributed by atoms with van der Waals surface area (Å²) < 4.78 is 0. The van der Waals surface area contributed by atoms with Crippen LogP contribution in [0.15, 0.2) is 65.8 Å². The summed E-state index contributed by atoms with van der Waals surface area (Å²) in [6, 6.07) is 19.8. The van der Waals surface area contributed by atoms with Crippen LogP contribution < -0.4 is 4.90 Å². The number of aromatic nitrogens is 2. The van der Waals surface area contributed by atoms with Gasteiger partial charge in [-0.2, -0.15) is 0 Å². The molecule has 1 aliphatic rings. The molecule has 6 nitrogen and oxygen atoms in total. The van der Waals surface area contributed by atoms with Crippen molar-refractivity contribution in [3.8, 4) is 0 Å². The highest BCUT2D eigenvalue weighted by molar-refractivity contribution is 7.98. The fourth-order valence-electron chi connectivity index (χ4n) is 4.06. The predicted octanol–water partition coefficient (Wildman–Crippen LogP) is 5.23. The fraction of sp³-hybridized carbons (Fsp3) is 0.370. The van der Waals surface area contributed by atoms with E-state index < -0.39 is 0 Å². The van der Waals surface area contributed by atoms with Gasteiger partial charge >= 0.3 is 0 Å². The van der Waals surface area contributed by atoms with E-state index in [0.29, 0.717) is 34.7 Å². The maximum absolute atomic E-state index is 13.5. The molecule has 0 atom stereocenters. The van der Waals surface area contributed by atoms with Gasteiger partial charge in [0.25, 0.3) is 5.91 Å². The molecule has 0 bridgehead atoms. The van der Waals surface area contributed by atoms with Gasteiger partial charge in [-0.25, -0.2) is 9.97 Å². The van der Waals surface area contributed by atoms with Crippen LogP contribution in [0.1, 0.15) is 34.3 Å². The Kier molecular flexibility index (Phi) is 9.01. The third-order valence-electron chi connectivity index (χ3n) is 5.95. The Labute approximate surface area is 217 Å². The minimum atomic E-state index is 0.0397. The number of hydrogen-bond donors (Lipinski definition) is 0. The van der Waals surface area contributed by atoms with Crippen molar-refractivity contribution < 1.29 is 4.79 Å². The second-order valence-corrected chi connectivity index (χ2v) is 10.4. The van der Waals surface area contributed by atoms with E-state index >= 15 is 0 Å². The van der Waals surface area contributed by atoms with Crippen molar-refractivity contribution >= 4 is 35.1 Å². The Hall–Kier alpha value is -2.61. The molecule has 4 rings (SSSR count). The van der Waals surface area contributed by atoms with Gasteiger partial charge in [0.05, 0.1) is 0 Å². The van der Waals surface area contributed by atoms with Crippen LogP contribution >= 0.6 is 23.4 Å². The zero-order chi connectivity index (χ0) is 24.6.